The van der Waals surface area contributed by atoms with Crippen molar-refractivity contribution >= 4 is 52.5 Å². The number of nitrogens with two attached hydrogens (primary N) is 1. The molecule has 538 valence electrons. The van der Waals surface area contributed by atoms with E-state index in [1.807, 2.05) is 13.8 Å². The third-order valence-electron chi connectivity index (χ3n) is 23.2. The molecule has 11 rings (SSSR count). The predicted molar refractivity (Wildman–Crippen MR) is 344 cm³/mol. The van der Waals surface area contributed by atoms with Gasteiger partial charge in [-0.1, -0.05) is 26.7 Å². The quantitative estimate of drug-likeness (QED) is 0.0331. The van der Waals surface area contributed by atoms with E-state index in [1.54, 1.807) is 19.9 Å². The van der Waals surface area contributed by atoms with Gasteiger partial charge < -0.3 is 99.9 Å². The van der Waals surface area contributed by atoms with Crippen LogP contribution in [0, 0.1) is 34.5 Å². The van der Waals surface area contributed by atoms with E-state index in [4.69, 9.17) is 48.4 Å². The van der Waals surface area contributed by atoms with E-state index in [0.29, 0.717) is 100 Å². The average Bonchev–Trinajstić information content (AvgIpc) is 1.47. The number of carbonyl (C=O) groups excluding carboxylic acids is 3. The number of ether oxygens (including phenoxy) is 9. The van der Waals surface area contributed by atoms with Gasteiger partial charge in [0, 0.05) is 56.1 Å². The van der Waals surface area contributed by atoms with Gasteiger partial charge in [0.15, 0.2) is 30.3 Å². The molecule has 2 aromatic heterocycles. The summed E-state index contributed by atoms with van der Waals surface area (Å²) in [6.45, 7) is 10.8. The summed E-state index contributed by atoms with van der Waals surface area (Å²) in [5.41, 5.74) is 5.53. The van der Waals surface area contributed by atoms with Crippen molar-refractivity contribution in [3.8, 4) is 0 Å². The molecule has 0 radical (unpaired) electrons. The molecule has 2 aromatic rings. The molecule has 7 heterocycles. The number of imidazole rings is 1. The number of rotatable bonds is 28. The molecule has 0 spiro atoms. The number of hydrogen-bond donors (Lipinski definition) is 11. The van der Waals surface area contributed by atoms with Crippen LogP contribution in [0.15, 0.2) is 24.3 Å². The highest BCUT2D eigenvalue weighted by atomic mass is 32.2. The normalized spacial score (nSPS) is 41.0. The van der Waals surface area contributed by atoms with Crippen LogP contribution in [0.2, 0.25) is 0 Å². The Hall–Kier alpha value is -4.28. The summed E-state index contributed by atoms with van der Waals surface area (Å²) in [6, 6.07) is -1.11. The molecular formula is C67H103N7O21S. The number of amides is 2. The number of aliphatic hydroxyl groups is 7. The van der Waals surface area contributed by atoms with Crippen molar-refractivity contribution in [1.82, 2.24) is 30.2 Å². The fourth-order valence-electron chi connectivity index (χ4n) is 17.7. The lowest BCUT2D eigenvalue weighted by Gasteiger charge is -2.65. The zero-order chi connectivity index (χ0) is 68.4. The lowest BCUT2D eigenvalue weighted by molar-refractivity contribution is -0.319. The molecule has 4 aliphatic carbocycles. The van der Waals surface area contributed by atoms with Gasteiger partial charge in [0.25, 0.3) is 0 Å². The van der Waals surface area contributed by atoms with Crippen LogP contribution in [0.3, 0.4) is 0 Å². The molecule has 4 saturated carbocycles. The number of fused-ring (bicyclic) bond motifs is 6. The molecule has 29 heteroatoms. The Morgan fingerprint density at radius 1 is 0.781 bits per heavy atom. The number of hydrogen-bond acceptors (Lipinski definition) is 25. The van der Waals surface area contributed by atoms with Crippen molar-refractivity contribution in [2.45, 2.75) is 279 Å². The molecule has 0 bridgehead atoms. The van der Waals surface area contributed by atoms with Gasteiger partial charge in [-0.3, -0.25) is 14.2 Å². The maximum atomic E-state index is 12.7. The first-order valence-electron chi connectivity index (χ1n) is 35.0. The van der Waals surface area contributed by atoms with Gasteiger partial charge in [0.05, 0.1) is 67.4 Å². The summed E-state index contributed by atoms with van der Waals surface area (Å²) >= 11 is 1.33. The lowest BCUT2D eigenvalue weighted by Crippen LogP contribution is -2.67. The first kappa shape index (κ1) is 73.0. The van der Waals surface area contributed by atoms with E-state index in [9.17, 15) is 60.0 Å². The van der Waals surface area contributed by atoms with Crippen LogP contribution in [0.25, 0.3) is 11.2 Å². The van der Waals surface area contributed by atoms with Crippen molar-refractivity contribution < 1.29 is 103 Å². The summed E-state index contributed by atoms with van der Waals surface area (Å²) in [5, 5.41) is 96.0. The second-order valence-corrected chi connectivity index (χ2v) is 30.2. The average molecular weight is 1370 g/mol. The molecule has 2 amide bonds. The summed E-state index contributed by atoms with van der Waals surface area (Å²) < 4.78 is 56.8. The summed E-state index contributed by atoms with van der Waals surface area (Å²) in [4.78, 5) is 61.5. The first-order valence-corrected chi connectivity index (χ1v) is 36.2. The van der Waals surface area contributed by atoms with Gasteiger partial charge in [-0.2, -0.15) is 11.8 Å². The molecule has 8 fully saturated rings. The minimum atomic E-state index is -1.28. The highest BCUT2D eigenvalue weighted by Crippen LogP contribution is 2.70. The van der Waals surface area contributed by atoms with Crippen LogP contribution in [0.4, 0.5) is 5.82 Å². The number of esters is 1. The van der Waals surface area contributed by atoms with Crippen molar-refractivity contribution in [2.24, 2.45) is 34.5 Å². The fourth-order valence-corrected chi connectivity index (χ4v) is 18.8. The highest BCUT2D eigenvalue weighted by molar-refractivity contribution is 7.99. The molecule has 12 N–H and O–H groups in total. The van der Waals surface area contributed by atoms with E-state index >= 15 is 0 Å². The van der Waals surface area contributed by atoms with Crippen LogP contribution in [0.1, 0.15) is 163 Å². The van der Waals surface area contributed by atoms with Gasteiger partial charge in [-0.05, 0) is 145 Å². The summed E-state index contributed by atoms with van der Waals surface area (Å²) in [5.74, 6) is -0.847. The number of aliphatic hydroxyl groups excluding tert-OH is 6. The van der Waals surface area contributed by atoms with Crippen molar-refractivity contribution in [3.63, 3.8) is 0 Å². The predicted octanol–water partition coefficient (Wildman–Crippen LogP) is 2.87. The number of nitrogens with one attached hydrogen (secondary N) is 2. The lowest BCUT2D eigenvalue weighted by atomic mass is 9.42. The topological polar surface area (TPSA) is 407 Å². The number of aliphatic carboxylic acids is 1. The number of carbonyl (C=O) groups is 4. The Kier molecular flexibility index (Phi) is 23.8. The molecule has 5 aliphatic heterocycles. The van der Waals surface area contributed by atoms with Gasteiger partial charge in [0.1, 0.15) is 67.2 Å². The molecule has 96 heavy (non-hydrogen) atoms. The standard InChI is InChI=1S/C67H103N7O21S/c1-34-60(56(82)46(30-88-34)93-59-36(3)91-52(28-45(59)76)92-39-16-19-65(4)38(25-39)14-15-41-42(65)26-48(77)66(5)40(17-20-67(41,66)86)37-24-51(80)89-29-37)95-53-27-44(75)58(35(2)90-53)87-22-11-7-9-12-49(78)69-21-10-6-8-13-50(79)73-43(64(84)85)18-23-96-31-47-55(81)57(83)63(94-47)74-33-72-54-61(68)70-32-71-62(54)74/h24,32-36,38-48,52-53,55-60,63,75-77,81-83,86H,6-23,25-31H2,1-5H3,(H,69,78)(H,73,79)(H,84,85)(H2,68,70,71)/t34-,35-,36-,38-,39-,40-,41?,42+,43+,44+,45+,46?,47-,48-,52?,53?,55-,56+,57-,58-,59-,60-,63-,65+,66+,67+/m1/s1. The number of carboxylic acids is 1. The smallest absolute Gasteiger partial charge is 0.331 e. The second kappa shape index (κ2) is 31.3. The number of unbranched alkanes of at least 4 members (excludes halogenated alkanes) is 4. The fraction of sp³-hybridized carbons (Fsp3) is 0.836. The Labute approximate surface area is 564 Å². The van der Waals surface area contributed by atoms with Crippen molar-refractivity contribution in [2.75, 3.05) is 43.6 Å². The Morgan fingerprint density at radius 2 is 1.51 bits per heavy atom. The minimum absolute atomic E-state index is 0.0406. The van der Waals surface area contributed by atoms with Gasteiger partial charge in [-0.25, -0.2) is 24.5 Å². The molecule has 26 atom stereocenters. The number of cyclic esters (lactones) is 1. The maximum Gasteiger partial charge on any atom is 0.331 e. The monoisotopic (exact) mass is 1370 g/mol. The molecule has 4 unspecified atom stereocenters. The summed E-state index contributed by atoms with van der Waals surface area (Å²) in [6.07, 6.45) is 0.519. The third-order valence-corrected chi connectivity index (χ3v) is 24.3. The number of aromatic nitrogens is 4. The van der Waals surface area contributed by atoms with Crippen molar-refractivity contribution in [3.05, 3.63) is 24.3 Å². The molecule has 9 aliphatic rings. The van der Waals surface area contributed by atoms with Crippen LogP contribution in [0.5, 0.6) is 0 Å². The number of thioether (sulfide) groups is 1. The van der Waals surface area contributed by atoms with E-state index in [1.165, 1.54) is 29.0 Å². The maximum absolute atomic E-state index is 12.7. The minimum Gasteiger partial charge on any atom is -0.480 e. The molecular weight excluding hydrogens is 1270 g/mol. The molecule has 0 aromatic carbocycles. The largest absolute Gasteiger partial charge is 0.480 e. The van der Waals surface area contributed by atoms with Crippen LogP contribution in [-0.2, 0) is 61.8 Å². The Balaban J connectivity index is 0.522. The second-order valence-electron chi connectivity index (χ2n) is 29.1. The number of anilines is 1. The van der Waals surface area contributed by atoms with Crippen LogP contribution >= 0.6 is 11.8 Å². The number of carboxylic acid groups (broad SMARTS) is 1. The van der Waals surface area contributed by atoms with Crippen LogP contribution < -0.4 is 16.4 Å². The van der Waals surface area contributed by atoms with E-state index in [-0.39, 0.29) is 97.5 Å². The Morgan fingerprint density at radius 3 is 2.24 bits per heavy atom. The highest BCUT2D eigenvalue weighted by Gasteiger charge is 2.71. The van der Waals surface area contributed by atoms with E-state index in [2.05, 4.69) is 32.5 Å². The van der Waals surface area contributed by atoms with Gasteiger partial charge in [0.2, 0.25) is 11.8 Å². The molecule has 4 saturated heterocycles. The van der Waals surface area contributed by atoms with Gasteiger partial charge in [-0.15, -0.1) is 0 Å². The Bertz CT molecular complexity index is 3000. The SMILES string of the molecule is C[C@H]1OCC(O[C@H]2[C@@H](O)CC(O[C@@H]3CC[C@@]4(C)[C@H](CCC5[C@@H]4C[C@@H](O)[C@]4(C)[C@@H](C6=CC(=O)OC6)CC[C@]54O)C3)O[C@@H]2C)[C@H](O)[C@@H]1OC1C[C@H](O)[C@H](OCCCCCC(=O)NCCCCCC(=O)N[C@@H](CCSC[C@H]2O[C@@H](n3cnc4c(N)ncnc43)[C@H](O)[C@@H]2O)C(=O)O)[C@@H](C)O1. The first-order chi connectivity index (χ1) is 45.9. The zero-order valence-corrected chi connectivity index (χ0v) is 56.7. The molecule has 28 nitrogen and oxygen atoms in total. The number of nitrogens with zero attached hydrogens (tertiary/aromatic N) is 4. The van der Waals surface area contributed by atoms with E-state index in [0.717, 1.165) is 37.7 Å². The number of nitrogen functional groups attached to an aromatic ring is 1. The van der Waals surface area contributed by atoms with E-state index < -0.39 is 127 Å². The zero-order valence-electron chi connectivity index (χ0n) is 55.8. The summed E-state index contributed by atoms with van der Waals surface area (Å²) in [7, 11) is 0. The third kappa shape index (κ3) is 15.5. The van der Waals surface area contributed by atoms with Crippen LogP contribution in [-0.4, -0.2) is 238 Å². The van der Waals surface area contributed by atoms with Crippen molar-refractivity contribution in [1.29, 1.82) is 0 Å². The van der Waals surface area contributed by atoms with Gasteiger partial charge >= 0.3 is 11.9 Å².